The monoisotopic (exact) mass is 209 g/mol. The van der Waals surface area contributed by atoms with Crippen LogP contribution < -0.4 is 5.32 Å². The predicted octanol–water partition coefficient (Wildman–Crippen LogP) is 1.70. The van der Waals surface area contributed by atoms with Crippen molar-refractivity contribution < 1.29 is 4.52 Å². The van der Waals surface area contributed by atoms with Gasteiger partial charge in [0.1, 0.15) is 0 Å². The standard InChI is InChI=1S/C11H19N3O/c1-8-13-11(15-14-8)7-9-5-3-4-6-10(9)12-2/h9-10,12H,3-7H2,1-2H3. The summed E-state index contributed by atoms with van der Waals surface area (Å²) in [5.41, 5.74) is 0. The smallest absolute Gasteiger partial charge is 0.226 e. The molecule has 0 aromatic carbocycles. The van der Waals surface area contributed by atoms with E-state index in [4.69, 9.17) is 4.52 Å². The summed E-state index contributed by atoms with van der Waals surface area (Å²) in [5.74, 6) is 2.19. The van der Waals surface area contributed by atoms with Crippen LogP contribution in [0.2, 0.25) is 0 Å². The van der Waals surface area contributed by atoms with E-state index in [9.17, 15) is 0 Å². The summed E-state index contributed by atoms with van der Waals surface area (Å²) in [6.07, 6.45) is 6.13. The third kappa shape index (κ3) is 2.56. The van der Waals surface area contributed by atoms with Gasteiger partial charge in [-0.1, -0.05) is 18.0 Å². The van der Waals surface area contributed by atoms with Crippen molar-refractivity contribution in [1.82, 2.24) is 15.5 Å². The molecule has 1 aromatic rings. The molecule has 1 fully saturated rings. The lowest BCUT2D eigenvalue weighted by Gasteiger charge is -2.30. The minimum absolute atomic E-state index is 0.617. The number of nitrogens with one attached hydrogen (secondary N) is 1. The number of aryl methyl sites for hydroxylation is 1. The molecule has 0 aliphatic heterocycles. The van der Waals surface area contributed by atoms with E-state index in [0.29, 0.717) is 12.0 Å². The lowest BCUT2D eigenvalue weighted by atomic mass is 9.82. The van der Waals surface area contributed by atoms with Crippen molar-refractivity contribution in [1.29, 1.82) is 0 Å². The van der Waals surface area contributed by atoms with Gasteiger partial charge in [0.15, 0.2) is 5.82 Å². The van der Waals surface area contributed by atoms with Crippen LogP contribution in [-0.4, -0.2) is 23.2 Å². The van der Waals surface area contributed by atoms with Crippen LogP contribution in [0.5, 0.6) is 0 Å². The number of nitrogens with zero attached hydrogens (tertiary/aromatic N) is 2. The zero-order valence-electron chi connectivity index (χ0n) is 9.49. The summed E-state index contributed by atoms with van der Waals surface area (Å²) in [5, 5.41) is 7.22. The molecule has 1 aliphatic rings. The first-order chi connectivity index (χ1) is 7.29. The fraction of sp³-hybridized carbons (Fsp3) is 0.818. The highest BCUT2D eigenvalue weighted by Crippen LogP contribution is 2.26. The second-order valence-corrected chi connectivity index (χ2v) is 4.38. The molecule has 1 aliphatic carbocycles. The highest BCUT2D eigenvalue weighted by molar-refractivity contribution is 4.90. The Balaban J connectivity index is 1.97. The van der Waals surface area contributed by atoms with Crippen LogP contribution in [-0.2, 0) is 6.42 Å². The Hall–Kier alpha value is -0.900. The Morgan fingerprint density at radius 1 is 1.40 bits per heavy atom. The largest absolute Gasteiger partial charge is 0.339 e. The van der Waals surface area contributed by atoms with E-state index in [-0.39, 0.29) is 0 Å². The molecule has 0 spiro atoms. The summed E-state index contributed by atoms with van der Waals surface area (Å²) in [6, 6.07) is 0.617. The fourth-order valence-corrected chi connectivity index (χ4v) is 2.48. The Bertz CT molecular complexity index is 311. The molecule has 4 heteroatoms. The maximum Gasteiger partial charge on any atom is 0.226 e. The van der Waals surface area contributed by atoms with Crippen LogP contribution in [0.3, 0.4) is 0 Å². The summed E-state index contributed by atoms with van der Waals surface area (Å²) >= 11 is 0. The van der Waals surface area contributed by atoms with Crippen molar-refractivity contribution in [3.05, 3.63) is 11.7 Å². The van der Waals surface area contributed by atoms with Gasteiger partial charge in [-0.05, 0) is 32.7 Å². The van der Waals surface area contributed by atoms with Crippen molar-refractivity contribution in [2.24, 2.45) is 5.92 Å². The molecule has 2 rings (SSSR count). The molecule has 0 saturated heterocycles. The number of aromatic nitrogens is 2. The first-order valence-electron chi connectivity index (χ1n) is 5.76. The summed E-state index contributed by atoms with van der Waals surface area (Å²) in [7, 11) is 2.04. The van der Waals surface area contributed by atoms with E-state index in [0.717, 1.165) is 18.1 Å². The van der Waals surface area contributed by atoms with Gasteiger partial charge in [0.2, 0.25) is 5.89 Å². The van der Waals surface area contributed by atoms with Crippen molar-refractivity contribution in [2.75, 3.05) is 7.05 Å². The third-order valence-electron chi connectivity index (χ3n) is 3.29. The van der Waals surface area contributed by atoms with E-state index in [1.165, 1.54) is 25.7 Å². The Kier molecular flexibility index (Phi) is 3.36. The zero-order chi connectivity index (χ0) is 10.7. The maximum absolute atomic E-state index is 5.17. The van der Waals surface area contributed by atoms with Gasteiger partial charge in [0, 0.05) is 12.5 Å². The molecule has 1 N–H and O–H groups in total. The van der Waals surface area contributed by atoms with Gasteiger partial charge in [-0.3, -0.25) is 0 Å². The predicted molar refractivity (Wildman–Crippen MR) is 57.5 cm³/mol. The molecule has 15 heavy (non-hydrogen) atoms. The molecule has 1 heterocycles. The van der Waals surface area contributed by atoms with Crippen LogP contribution in [0, 0.1) is 12.8 Å². The number of hydrogen-bond donors (Lipinski definition) is 1. The number of rotatable bonds is 3. The van der Waals surface area contributed by atoms with Crippen LogP contribution in [0.4, 0.5) is 0 Å². The Morgan fingerprint density at radius 2 is 2.20 bits per heavy atom. The van der Waals surface area contributed by atoms with E-state index in [1.54, 1.807) is 0 Å². The van der Waals surface area contributed by atoms with Crippen molar-refractivity contribution in [2.45, 2.75) is 45.1 Å². The SMILES string of the molecule is CNC1CCCCC1Cc1nc(C)no1. The molecule has 0 radical (unpaired) electrons. The van der Waals surface area contributed by atoms with E-state index in [2.05, 4.69) is 15.5 Å². The molecular weight excluding hydrogens is 190 g/mol. The van der Waals surface area contributed by atoms with Crippen molar-refractivity contribution in [3.63, 3.8) is 0 Å². The minimum Gasteiger partial charge on any atom is -0.339 e. The van der Waals surface area contributed by atoms with Gasteiger partial charge in [0.25, 0.3) is 0 Å². The molecule has 0 bridgehead atoms. The third-order valence-corrected chi connectivity index (χ3v) is 3.29. The van der Waals surface area contributed by atoms with Gasteiger partial charge >= 0.3 is 0 Å². The fourth-order valence-electron chi connectivity index (χ4n) is 2.48. The van der Waals surface area contributed by atoms with Crippen LogP contribution in [0.15, 0.2) is 4.52 Å². The summed E-state index contributed by atoms with van der Waals surface area (Å²) in [4.78, 5) is 4.27. The molecular formula is C11H19N3O. The molecule has 84 valence electrons. The highest BCUT2D eigenvalue weighted by atomic mass is 16.5. The van der Waals surface area contributed by atoms with Crippen molar-refractivity contribution in [3.8, 4) is 0 Å². The molecule has 1 saturated carbocycles. The molecule has 1 aromatic heterocycles. The van der Waals surface area contributed by atoms with E-state index in [1.807, 2.05) is 14.0 Å². The highest BCUT2D eigenvalue weighted by Gasteiger charge is 2.25. The first kappa shape index (κ1) is 10.6. The lowest BCUT2D eigenvalue weighted by molar-refractivity contribution is 0.248. The number of hydrogen-bond acceptors (Lipinski definition) is 4. The van der Waals surface area contributed by atoms with Gasteiger partial charge in [0.05, 0.1) is 0 Å². The van der Waals surface area contributed by atoms with Gasteiger partial charge in [-0.2, -0.15) is 4.98 Å². The molecule has 4 nitrogen and oxygen atoms in total. The van der Waals surface area contributed by atoms with Gasteiger partial charge in [-0.15, -0.1) is 0 Å². The van der Waals surface area contributed by atoms with Gasteiger partial charge < -0.3 is 9.84 Å². The average molecular weight is 209 g/mol. The molecule has 0 amide bonds. The van der Waals surface area contributed by atoms with E-state index < -0.39 is 0 Å². The minimum atomic E-state index is 0.617. The zero-order valence-corrected chi connectivity index (χ0v) is 9.49. The average Bonchev–Trinajstić information content (AvgIpc) is 2.65. The normalized spacial score (nSPS) is 26.8. The van der Waals surface area contributed by atoms with Crippen LogP contribution in [0.1, 0.15) is 37.4 Å². The van der Waals surface area contributed by atoms with Crippen molar-refractivity contribution >= 4 is 0 Å². The molecule has 2 atom stereocenters. The summed E-state index contributed by atoms with van der Waals surface area (Å²) in [6.45, 7) is 1.86. The topological polar surface area (TPSA) is 51.0 Å². The second kappa shape index (κ2) is 4.75. The quantitative estimate of drug-likeness (QED) is 0.823. The maximum atomic E-state index is 5.17. The van der Waals surface area contributed by atoms with Gasteiger partial charge in [-0.25, -0.2) is 0 Å². The Labute approximate surface area is 90.4 Å². The van der Waals surface area contributed by atoms with Crippen LogP contribution in [0.25, 0.3) is 0 Å². The molecule has 2 unspecified atom stereocenters. The van der Waals surface area contributed by atoms with Crippen LogP contribution >= 0.6 is 0 Å². The second-order valence-electron chi connectivity index (χ2n) is 4.38. The summed E-state index contributed by atoms with van der Waals surface area (Å²) < 4.78 is 5.17. The van der Waals surface area contributed by atoms with E-state index >= 15 is 0 Å². The first-order valence-corrected chi connectivity index (χ1v) is 5.76. The lowest BCUT2D eigenvalue weighted by Crippen LogP contribution is -2.37. The Morgan fingerprint density at radius 3 is 2.87 bits per heavy atom.